The number of aromatic nitrogens is 1. The molecule has 5 N–H and O–H groups in total. The van der Waals surface area contributed by atoms with Gasteiger partial charge < -0.3 is 21.7 Å². The summed E-state index contributed by atoms with van der Waals surface area (Å²) in [4.78, 5) is 6.95. The maximum absolute atomic E-state index is 5.84. The number of hydrogen-bond acceptors (Lipinski definition) is 5. The summed E-state index contributed by atoms with van der Waals surface area (Å²) in [7, 11) is 0. The summed E-state index contributed by atoms with van der Waals surface area (Å²) in [5.41, 5.74) is 14.1. The fourth-order valence-electron chi connectivity index (χ4n) is 3.87. The first-order chi connectivity index (χ1) is 12.7. The van der Waals surface area contributed by atoms with Crippen molar-refractivity contribution in [2.75, 3.05) is 38.5 Å². The van der Waals surface area contributed by atoms with Crippen LogP contribution in [-0.2, 0) is 12.8 Å². The van der Waals surface area contributed by atoms with Crippen LogP contribution in [0.4, 0.5) is 5.82 Å². The maximum atomic E-state index is 5.84. The molecule has 1 saturated heterocycles. The summed E-state index contributed by atoms with van der Waals surface area (Å²) >= 11 is 0. The van der Waals surface area contributed by atoms with E-state index in [1.807, 2.05) is 12.1 Å². The Labute approximate surface area is 205 Å². The van der Waals surface area contributed by atoms with E-state index < -0.39 is 0 Å². The number of nitrogens with zero attached hydrogens (tertiary/aromatic N) is 2. The average molecular weight is 499 g/mol. The molecule has 0 amide bonds. The molecule has 172 valence electrons. The Morgan fingerprint density at radius 2 is 1.70 bits per heavy atom. The van der Waals surface area contributed by atoms with Crippen molar-refractivity contribution in [1.82, 2.24) is 15.2 Å². The smallest absolute Gasteiger partial charge is 0.123 e. The number of anilines is 1. The van der Waals surface area contributed by atoms with Crippen LogP contribution in [0.1, 0.15) is 17.7 Å². The van der Waals surface area contributed by atoms with Crippen LogP contribution < -0.4 is 16.8 Å². The minimum Gasteiger partial charge on any atom is -0.384 e. The lowest BCUT2D eigenvalue weighted by atomic mass is 9.97. The Kier molecular flexibility index (Phi) is 17.6. The topological polar surface area (TPSA) is 80.2 Å². The number of benzene rings is 1. The fourth-order valence-corrected chi connectivity index (χ4v) is 3.87. The highest BCUT2D eigenvalue weighted by Crippen LogP contribution is 2.21. The summed E-state index contributed by atoms with van der Waals surface area (Å²) in [6.07, 6.45) is 3.23. The van der Waals surface area contributed by atoms with E-state index in [4.69, 9.17) is 11.5 Å². The van der Waals surface area contributed by atoms with Crippen molar-refractivity contribution in [1.29, 1.82) is 0 Å². The number of aryl methyl sites for hydroxylation is 1. The molecule has 0 unspecified atom stereocenters. The third-order valence-electron chi connectivity index (χ3n) is 5.15. The predicted octanol–water partition coefficient (Wildman–Crippen LogP) is 3.38. The molecule has 3 rings (SSSR count). The summed E-state index contributed by atoms with van der Waals surface area (Å²) in [6, 6.07) is 17.1. The molecule has 0 aliphatic carbocycles. The van der Waals surface area contributed by atoms with Crippen molar-refractivity contribution in [2.24, 2.45) is 11.7 Å². The third kappa shape index (κ3) is 10.0. The highest BCUT2D eigenvalue weighted by molar-refractivity contribution is 5.86. The highest BCUT2D eigenvalue weighted by Gasteiger charge is 2.32. The van der Waals surface area contributed by atoms with Gasteiger partial charge in [0.15, 0.2) is 0 Å². The van der Waals surface area contributed by atoms with Gasteiger partial charge in [0, 0.05) is 37.9 Å². The van der Waals surface area contributed by atoms with Crippen molar-refractivity contribution in [3.05, 3.63) is 59.8 Å². The normalized spacial score (nSPS) is 17.8. The molecule has 1 aliphatic rings. The van der Waals surface area contributed by atoms with E-state index >= 15 is 0 Å². The van der Waals surface area contributed by atoms with Gasteiger partial charge in [0.05, 0.1) is 0 Å². The van der Waals surface area contributed by atoms with Crippen molar-refractivity contribution in [3.63, 3.8) is 0 Å². The van der Waals surface area contributed by atoms with Gasteiger partial charge in [-0.25, -0.2) is 4.98 Å². The Balaban J connectivity index is 0. The SMILES string of the molecule is Cl.Cl.Cl.Cl.NCCN1C[C@H](Cc2cccc(N)n2)[C@H](NCCCc2ccccc2)C1. The minimum absolute atomic E-state index is 0. The first-order valence-electron chi connectivity index (χ1n) is 9.65. The van der Waals surface area contributed by atoms with E-state index in [2.05, 4.69) is 51.6 Å². The zero-order valence-electron chi connectivity index (χ0n) is 17.1. The van der Waals surface area contributed by atoms with Crippen molar-refractivity contribution in [2.45, 2.75) is 25.3 Å². The second kappa shape index (κ2) is 16.8. The number of likely N-dealkylation sites (tertiary alicyclic amines) is 1. The molecule has 0 spiro atoms. The van der Waals surface area contributed by atoms with Crippen LogP contribution in [0.15, 0.2) is 48.5 Å². The van der Waals surface area contributed by atoms with Gasteiger partial charge in [0.2, 0.25) is 0 Å². The van der Waals surface area contributed by atoms with Gasteiger partial charge in [-0.3, -0.25) is 0 Å². The summed E-state index contributed by atoms with van der Waals surface area (Å²) < 4.78 is 0. The minimum atomic E-state index is 0. The lowest BCUT2D eigenvalue weighted by molar-refractivity contribution is 0.330. The van der Waals surface area contributed by atoms with Crippen LogP contribution in [0.3, 0.4) is 0 Å². The summed E-state index contributed by atoms with van der Waals surface area (Å²) in [6.45, 7) is 4.85. The van der Waals surface area contributed by atoms with E-state index in [1.165, 1.54) is 5.56 Å². The van der Waals surface area contributed by atoms with Crippen LogP contribution in [0, 0.1) is 5.92 Å². The van der Waals surface area contributed by atoms with Crippen molar-refractivity contribution < 1.29 is 0 Å². The molecular formula is C21H35Cl4N5. The van der Waals surface area contributed by atoms with E-state index in [0.717, 1.165) is 51.1 Å². The first kappa shape index (κ1) is 31.4. The Bertz CT molecular complexity index is 677. The molecule has 2 aromatic rings. The zero-order chi connectivity index (χ0) is 18.2. The standard InChI is InChI=1S/C21H31N5.4ClH/c22-11-13-26-15-18(14-19-9-4-10-21(23)25-19)20(16-26)24-12-5-8-17-6-2-1-3-7-17;;;;/h1-4,6-7,9-10,18,20,24H,5,8,11-16,22H2,(H2,23,25);4*1H/t18-,20+;;;;/m0..../s1. The molecule has 1 aliphatic heterocycles. The fraction of sp³-hybridized carbons (Fsp3) is 0.476. The lowest BCUT2D eigenvalue weighted by Gasteiger charge is -2.20. The molecule has 1 aromatic carbocycles. The number of nitrogens with two attached hydrogens (primary N) is 2. The number of nitrogens with one attached hydrogen (secondary N) is 1. The molecule has 30 heavy (non-hydrogen) atoms. The van der Waals surface area contributed by atoms with E-state index in [0.29, 0.717) is 24.3 Å². The molecule has 2 atom stereocenters. The molecule has 1 aromatic heterocycles. The molecular weight excluding hydrogens is 464 g/mol. The highest BCUT2D eigenvalue weighted by atomic mass is 35.5. The van der Waals surface area contributed by atoms with E-state index in [-0.39, 0.29) is 49.6 Å². The van der Waals surface area contributed by atoms with Gasteiger partial charge in [-0.2, -0.15) is 0 Å². The number of halogens is 4. The maximum Gasteiger partial charge on any atom is 0.123 e. The quantitative estimate of drug-likeness (QED) is 0.462. The van der Waals surface area contributed by atoms with Crippen molar-refractivity contribution >= 4 is 55.4 Å². The van der Waals surface area contributed by atoms with Crippen LogP contribution >= 0.6 is 49.6 Å². The van der Waals surface area contributed by atoms with E-state index in [1.54, 1.807) is 0 Å². The number of pyridine rings is 1. The molecule has 1 fully saturated rings. The van der Waals surface area contributed by atoms with Gasteiger partial charge in [0.1, 0.15) is 5.82 Å². The van der Waals surface area contributed by atoms with Gasteiger partial charge >= 0.3 is 0 Å². The zero-order valence-corrected chi connectivity index (χ0v) is 20.4. The number of rotatable bonds is 9. The van der Waals surface area contributed by atoms with Gasteiger partial charge in [0.25, 0.3) is 0 Å². The molecule has 5 nitrogen and oxygen atoms in total. The third-order valence-corrected chi connectivity index (χ3v) is 5.15. The predicted molar refractivity (Wildman–Crippen MR) is 137 cm³/mol. The van der Waals surface area contributed by atoms with Crippen LogP contribution in [0.5, 0.6) is 0 Å². The molecule has 9 heteroatoms. The Morgan fingerprint density at radius 3 is 2.37 bits per heavy atom. The monoisotopic (exact) mass is 497 g/mol. The largest absolute Gasteiger partial charge is 0.384 e. The van der Waals surface area contributed by atoms with Crippen LogP contribution in [0.25, 0.3) is 0 Å². The van der Waals surface area contributed by atoms with E-state index in [9.17, 15) is 0 Å². The number of nitrogen functional groups attached to an aromatic ring is 1. The van der Waals surface area contributed by atoms with Gasteiger partial charge in [-0.05, 0) is 49.4 Å². The molecule has 0 bridgehead atoms. The molecule has 0 radical (unpaired) electrons. The number of hydrogen-bond donors (Lipinski definition) is 3. The Morgan fingerprint density at radius 1 is 0.967 bits per heavy atom. The van der Waals surface area contributed by atoms with Gasteiger partial charge in [-0.15, -0.1) is 49.6 Å². The summed E-state index contributed by atoms with van der Waals surface area (Å²) in [5.74, 6) is 1.15. The average Bonchev–Trinajstić information content (AvgIpc) is 3.01. The summed E-state index contributed by atoms with van der Waals surface area (Å²) in [5, 5.41) is 3.78. The van der Waals surface area contributed by atoms with Gasteiger partial charge in [-0.1, -0.05) is 36.4 Å². The Hall–Kier alpha value is -0.790. The first-order valence-corrected chi connectivity index (χ1v) is 9.65. The second-order valence-electron chi connectivity index (χ2n) is 7.22. The second-order valence-corrected chi connectivity index (χ2v) is 7.22. The van der Waals surface area contributed by atoms with Crippen LogP contribution in [-0.4, -0.2) is 48.6 Å². The molecule has 2 heterocycles. The van der Waals surface area contributed by atoms with Crippen LogP contribution in [0.2, 0.25) is 0 Å². The molecule has 0 saturated carbocycles. The lowest BCUT2D eigenvalue weighted by Crippen LogP contribution is -2.38. The van der Waals surface area contributed by atoms with Crippen molar-refractivity contribution in [3.8, 4) is 0 Å².